The van der Waals surface area contributed by atoms with Gasteiger partial charge < -0.3 is 15.2 Å². The lowest BCUT2D eigenvalue weighted by molar-refractivity contribution is 0.0992. The van der Waals surface area contributed by atoms with Crippen LogP contribution in [0.25, 0.3) is 0 Å². The number of benzene rings is 1. The maximum atomic E-state index is 8.54. The highest BCUT2D eigenvalue weighted by Crippen LogP contribution is 2.24. The van der Waals surface area contributed by atoms with E-state index in [4.69, 9.17) is 9.84 Å². The van der Waals surface area contributed by atoms with Crippen molar-refractivity contribution < 1.29 is 9.84 Å². The Hall–Kier alpha value is -0.580. The molecule has 0 fully saturated rings. The Morgan fingerprint density at radius 3 is 2.44 bits per heavy atom. The van der Waals surface area contributed by atoms with Gasteiger partial charge in [-0.25, -0.2) is 0 Å². The number of nitrogens with one attached hydrogen (secondary N) is 1. The first-order valence-corrected chi connectivity index (χ1v) is 6.13. The van der Waals surface area contributed by atoms with Crippen LogP contribution in [-0.2, 0) is 4.74 Å². The van der Waals surface area contributed by atoms with E-state index in [2.05, 4.69) is 47.2 Å². The lowest BCUT2D eigenvalue weighted by Crippen LogP contribution is -2.11. The van der Waals surface area contributed by atoms with Crippen molar-refractivity contribution in [3.8, 4) is 0 Å². The van der Waals surface area contributed by atoms with E-state index in [-0.39, 0.29) is 6.61 Å². The van der Waals surface area contributed by atoms with Gasteiger partial charge in [-0.05, 0) is 37.1 Å². The molecule has 0 aliphatic carbocycles. The second-order valence-electron chi connectivity index (χ2n) is 3.69. The van der Waals surface area contributed by atoms with Crippen LogP contribution in [0.5, 0.6) is 0 Å². The number of anilines is 1. The van der Waals surface area contributed by atoms with Gasteiger partial charge in [0, 0.05) is 16.7 Å². The van der Waals surface area contributed by atoms with E-state index in [1.165, 1.54) is 11.1 Å². The van der Waals surface area contributed by atoms with Crippen molar-refractivity contribution in [3.63, 3.8) is 0 Å². The molecule has 0 spiro atoms. The van der Waals surface area contributed by atoms with E-state index in [0.717, 1.165) is 16.7 Å². The molecule has 0 saturated carbocycles. The van der Waals surface area contributed by atoms with E-state index >= 15 is 0 Å². The van der Waals surface area contributed by atoms with Crippen molar-refractivity contribution in [3.05, 3.63) is 27.7 Å². The van der Waals surface area contributed by atoms with E-state index in [1.807, 2.05) is 0 Å². The molecule has 0 amide bonds. The molecule has 0 bridgehead atoms. The molecule has 0 aliphatic rings. The van der Waals surface area contributed by atoms with Crippen molar-refractivity contribution in [1.29, 1.82) is 0 Å². The highest BCUT2D eigenvalue weighted by molar-refractivity contribution is 9.10. The Morgan fingerprint density at radius 2 is 1.88 bits per heavy atom. The summed E-state index contributed by atoms with van der Waals surface area (Å²) < 4.78 is 6.33. The average Bonchev–Trinajstić information content (AvgIpc) is 2.25. The van der Waals surface area contributed by atoms with Crippen LogP contribution >= 0.6 is 15.9 Å². The summed E-state index contributed by atoms with van der Waals surface area (Å²) in [6.07, 6.45) is 0. The van der Waals surface area contributed by atoms with Gasteiger partial charge in [-0.15, -0.1) is 0 Å². The summed E-state index contributed by atoms with van der Waals surface area (Å²) in [6, 6.07) is 4.20. The molecule has 0 saturated heterocycles. The Kier molecular flexibility index (Phi) is 5.80. The fraction of sp³-hybridized carbons (Fsp3) is 0.500. The summed E-state index contributed by atoms with van der Waals surface area (Å²) in [5, 5.41) is 11.8. The highest BCUT2D eigenvalue weighted by Gasteiger charge is 2.01. The Labute approximate surface area is 105 Å². The molecule has 90 valence electrons. The summed E-state index contributed by atoms with van der Waals surface area (Å²) in [5.41, 5.74) is 3.54. The van der Waals surface area contributed by atoms with E-state index in [1.54, 1.807) is 0 Å². The number of rotatable bonds is 6. The van der Waals surface area contributed by atoms with Gasteiger partial charge >= 0.3 is 0 Å². The fourth-order valence-electron chi connectivity index (χ4n) is 1.48. The molecule has 1 aromatic carbocycles. The minimum atomic E-state index is 0.0799. The van der Waals surface area contributed by atoms with Crippen LogP contribution in [0.2, 0.25) is 0 Å². The molecule has 0 radical (unpaired) electrons. The molecule has 1 aromatic rings. The minimum Gasteiger partial charge on any atom is -0.394 e. The van der Waals surface area contributed by atoms with Gasteiger partial charge in [-0.2, -0.15) is 0 Å². The second-order valence-corrected chi connectivity index (χ2v) is 4.48. The number of aliphatic hydroxyl groups is 1. The number of ether oxygens (including phenoxy) is 1. The first-order valence-electron chi connectivity index (χ1n) is 5.34. The molecular weight excluding hydrogens is 270 g/mol. The summed E-state index contributed by atoms with van der Waals surface area (Å²) >= 11 is 3.54. The minimum absolute atomic E-state index is 0.0799. The Morgan fingerprint density at radius 1 is 1.25 bits per heavy atom. The third-order valence-electron chi connectivity index (χ3n) is 2.25. The topological polar surface area (TPSA) is 41.5 Å². The van der Waals surface area contributed by atoms with Crippen molar-refractivity contribution in [2.75, 3.05) is 31.7 Å². The third-order valence-corrected chi connectivity index (χ3v) is 3.50. The van der Waals surface area contributed by atoms with Crippen LogP contribution in [0, 0.1) is 13.8 Å². The predicted octanol–water partition coefficient (Wildman–Crippen LogP) is 2.49. The SMILES string of the molecule is Cc1cc(NCCOCCO)cc(C)c1Br. The largest absolute Gasteiger partial charge is 0.394 e. The van der Waals surface area contributed by atoms with Crippen LogP contribution in [0.3, 0.4) is 0 Å². The van der Waals surface area contributed by atoms with Crippen LogP contribution in [0.1, 0.15) is 11.1 Å². The Balaban J connectivity index is 2.43. The van der Waals surface area contributed by atoms with Crippen molar-refractivity contribution in [2.45, 2.75) is 13.8 Å². The normalized spacial score (nSPS) is 10.5. The van der Waals surface area contributed by atoms with Gasteiger partial charge in [0.25, 0.3) is 0 Å². The summed E-state index contributed by atoms with van der Waals surface area (Å²) in [5.74, 6) is 0. The molecule has 1 rings (SSSR count). The quantitative estimate of drug-likeness (QED) is 0.790. The number of aryl methyl sites for hydroxylation is 2. The molecule has 0 heterocycles. The second kappa shape index (κ2) is 6.89. The first-order chi connectivity index (χ1) is 7.65. The van der Waals surface area contributed by atoms with Crippen molar-refractivity contribution in [1.82, 2.24) is 0 Å². The molecule has 4 heteroatoms. The monoisotopic (exact) mass is 287 g/mol. The molecule has 2 N–H and O–H groups in total. The Bertz CT molecular complexity index is 319. The third kappa shape index (κ3) is 4.12. The zero-order chi connectivity index (χ0) is 12.0. The lowest BCUT2D eigenvalue weighted by Gasteiger charge is -2.10. The van der Waals surface area contributed by atoms with Gasteiger partial charge in [-0.1, -0.05) is 15.9 Å². The highest BCUT2D eigenvalue weighted by atomic mass is 79.9. The molecule has 3 nitrogen and oxygen atoms in total. The van der Waals surface area contributed by atoms with Crippen LogP contribution < -0.4 is 5.32 Å². The van der Waals surface area contributed by atoms with Gasteiger partial charge in [0.1, 0.15) is 0 Å². The summed E-state index contributed by atoms with van der Waals surface area (Å²) in [7, 11) is 0. The number of halogens is 1. The van der Waals surface area contributed by atoms with E-state index in [9.17, 15) is 0 Å². The maximum Gasteiger partial charge on any atom is 0.0698 e. The standard InChI is InChI=1S/C12H18BrNO2/c1-9-7-11(8-10(2)12(9)13)14-3-5-16-6-4-15/h7-8,14-15H,3-6H2,1-2H3. The van der Waals surface area contributed by atoms with Crippen LogP contribution in [0.15, 0.2) is 16.6 Å². The van der Waals surface area contributed by atoms with E-state index in [0.29, 0.717) is 13.2 Å². The zero-order valence-electron chi connectivity index (χ0n) is 9.72. The molecular formula is C12H18BrNO2. The predicted molar refractivity (Wildman–Crippen MR) is 70.0 cm³/mol. The van der Waals surface area contributed by atoms with Gasteiger partial charge in [0.15, 0.2) is 0 Å². The summed E-state index contributed by atoms with van der Waals surface area (Å²) in [4.78, 5) is 0. The van der Waals surface area contributed by atoms with Gasteiger partial charge in [0.05, 0.1) is 19.8 Å². The van der Waals surface area contributed by atoms with Crippen LogP contribution in [0.4, 0.5) is 5.69 Å². The smallest absolute Gasteiger partial charge is 0.0698 e. The summed E-state index contributed by atoms with van der Waals surface area (Å²) in [6.45, 7) is 5.99. The van der Waals surface area contributed by atoms with Crippen molar-refractivity contribution in [2.24, 2.45) is 0 Å². The van der Waals surface area contributed by atoms with Gasteiger partial charge in [0.2, 0.25) is 0 Å². The average molecular weight is 288 g/mol. The van der Waals surface area contributed by atoms with Crippen LogP contribution in [-0.4, -0.2) is 31.5 Å². The number of hydrogen-bond donors (Lipinski definition) is 2. The van der Waals surface area contributed by atoms with E-state index < -0.39 is 0 Å². The molecule has 0 unspecified atom stereocenters. The lowest BCUT2D eigenvalue weighted by atomic mass is 10.1. The fourth-order valence-corrected chi connectivity index (χ4v) is 1.71. The molecule has 0 aliphatic heterocycles. The molecule has 0 atom stereocenters. The number of aliphatic hydroxyl groups excluding tert-OH is 1. The van der Waals surface area contributed by atoms with Gasteiger partial charge in [-0.3, -0.25) is 0 Å². The first kappa shape index (κ1) is 13.5. The van der Waals surface area contributed by atoms with Crippen molar-refractivity contribution >= 4 is 21.6 Å². The molecule has 0 aromatic heterocycles. The number of hydrogen-bond acceptors (Lipinski definition) is 3. The zero-order valence-corrected chi connectivity index (χ0v) is 11.3. The maximum absolute atomic E-state index is 8.54. The molecule has 16 heavy (non-hydrogen) atoms.